The lowest BCUT2D eigenvalue weighted by molar-refractivity contribution is -0.147. The van der Waals surface area contributed by atoms with Crippen LogP contribution < -0.4 is 15.4 Å². The number of nitrogens with zero attached hydrogens (tertiary/aromatic N) is 2. The number of ether oxygens (including phenoxy) is 2. The summed E-state index contributed by atoms with van der Waals surface area (Å²) in [6.45, 7) is 2.20. The van der Waals surface area contributed by atoms with Gasteiger partial charge in [0.15, 0.2) is 0 Å². The van der Waals surface area contributed by atoms with E-state index in [0.717, 1.165) is 0 Å². The lowest BCUT2D eigenvalue weighted by Crippen LogP contribution is -2.54. The maximum atomic E-state index is 13.7. The molecule has 2 aromatic carbocycles. The summed E-state index contributed by atoms with van der Waals surface area (Å²) < 4.78 is 10.7. The first-order valence-corrected chi connectivity index (χ1v) is 12.0. The third kappa shape index (κ3) is 6.04. The van der Waals surface area contributed by atoms with E-state index in [0.29, 0.717) is 61.1 Å². The van der Waals surface area contributed by atoms with Crippen molar-refractivity contribution in [3.63, 3.8) is 0 Å². The number of likely N-dealkylation sites (tertiary alicyclic amines) is 1. The van der Waals surface area contributed by atoms with Crippen molar-refractivity contribution < 1.29 is 23.9 Å². The molecule has 4 rings (SSSR count). The normalized spacial score (nSPS) is 17.6. The molecule has 2 fully saturated rings. The van der Waals surface area contributed by atoms with Crippen molar-refractivity contribution in [2.75, 3.05) is 45.3 Å². The standard InChI is InChI=1S/C25H29ClN4O5/c1-34-21-5-3-2-4-20(21)23(28-25(33)27-18-8-6-17(26)7-9-18)24(32)29-12-10-19(11-13-29)30-14-15-35-16-22(30)31/h2-9,19,23H,10-16H2,1H3,(H2,27,28,33). The SMILES string of the molecule is COc1ccccc1C(NC(=O)Nc1ccc(Cl)cc1)C(=O)N1CCC(N2CCOCC2=O)CC1. The number of carbonyl (C=O) groups is 3. The first kappa shape index (κ1) is 24.8. The maximum Gasteiger partial charge on any atom is 0.320 e. The lowest BCUT2D eigenvalue weighted by atomic mass is 9.99. The highest BCUT2D eigenvalue weighted by Gasteiger charge is 2.35. The van der Waals surface area contributed by atoms with Crippen LogP contribution in [0.1, 0.15) is 24.4 Å². The number of benzene rings is 2. The second-order valence-corrected chi connectivity index (χ2v) is 8.91. The second kappa shape index (κ2) is 11.4. The van der Waals surface area contributed by atoms with Crippen LogP contribution in [-0.4, -0.2) is 73.6 Å². The van der Waals surface area contributed by atoms with Gasteiger partial charge in [0.25, 0.3) is 0 Å². The Morgan fingerprint density at radius 1 is 1.09 bits per heavy atom. The molecule has 0 bridgehead atoms. The maximum absolute atomic E-state index is 13.7. The number of methoxy groups -OCH3 is 1. The lowest BCUT2D eigenvalue weighted by Gasteiger charge is -2.40. The summed E-state index contributed by atoms with van der Waals surface area (Å²) in [5.74, 6) is 0.271. The number of amides is 4. The van der Waals surface area contributed by atoms with Crippen LogP contribution in [0, 0.1) is 0 Å². The molecule has 2 aromatic rings. The summed E-state index contributed by atoms with van der Waals surface area (Å²) in [7, 11) is 1.53. The molecular weight excluding hydrogens is 472 g/mol. The number of para-hydroxylation sites is 1. The molecule has 0 aromatic heterocycles. The number of anilines is 1. The summed E-state index contributed by atoms with van der Waals surface area (Å²) in [4.78, 5) is 42.3. The van der Waals surface area contributed by atoms with E-state index in [1.807, 2.05) is 11.0 Å². The number of rotatable bonds is 6. The number of hydrogen-bond donors (Lipinski definition) is 2. The quantitative estimate of drug-likeness (QED) is 0.635. The van der Waals surface area contributed by atoms with Crippen LogP contribution in [0.5, 0.6) is 5.75 Å². The molecule has 0 spiro atoms. The zero-order chi connectivity index (χ0) is 24.8. The molecule has 2 N–H and O–H groups in total. The molecule has 2 aliphatic heterocycles. The number of carbonyl (C=O) groups excluding carboxylic acids is 3. The van der Waals surface area contributed by atoms with E-state index in [9.17, 15) is 14.4 Å². The molecule has 2 heterocycles. The van der Waals surface area contributed by atoms with Crippen molar-refractivity contribution >= 4 is 35.1 Å². The molecule has 2 saturated heterocycles. The molecule has 0 aliphatic carbocycles. The van der Waals surface area contributed by atoms with E-state index in [2.05, 4.69) is 10.6 Å². The Balaban J connectivity index is 1.47. The highest BCUT2D eigenvalue weighted by Crippen LogP contribution is 2.28. The van der Waals surface area contributed by atoms with Crippen molar-refractivity contribution in [3.8, 4) is 5.75 Å². The average Bonchev–Trinajstić information content (AvgIpc) is 2.89. The zero-order valence-electron chi connectivity index (χ0n) is 19.5. The Morgan fingerprint density at radius 2 is 1.80 bits per heavy atom. The minimum atomic E-state index is -0.944. The number of urea groups is 1. The molecule has 10 heteroatoms. The summed E-state index contributed by atoms with van der Waals surface area (Å²) in [6, 6.07) is 12.4. The van der Waals surface area contributed by atoms with E-state index in [1.165, 1.54) is 7.11 Å². The monoisotopic (exact) mass is 500 g/mol. The van der Waals surface area contributed by atoms with Crippen LogP contribution in [0.3, 0.4) is 0 Å². The third-order valence-electron chi connectivity index (χ3n) is 6.31. The molecule has 35 heavy (non-hydrogen) atoms. The van der Waals surface area contributed by atoms with Gasteiger partial charge in [-0.05, 0) is 43.2 Å². The summed E-state index contributed by atoms with van der Waals surface area (Å²) in [6.07, 6.45) is 1.35. The van der Waals surface area contributed by atoms with Crippen LogP contribution in [0.4, 0.5) is 10.5 Å². The number of morpholine rings is 1. The highest BCUT2D eigenvalue weighted by molar-refractivity contribution is 6.30. The van der Waals surface area contributed by atoms with Crippen LogP contribution in [0.15, 0.2) is 48.5 Å². The first-order chi connectivity index (χ1) is 17.0. The Bertz CT molecular complexity index is 1060. The summed E-state index contributed by atoms with van der Waals surface area (Å²) in [5.41, 5.74) is 1.12. The van der Waals surface area contributed by atoms with Gasteiger partial charge in [-0.3, -0.25) is 9.59 Å². The van der Waals surface area contributed by atoms with Crippen LogP contribution in [-0.2, 0) is 14.3 Å². The summed E-state index contributed by atoms with van der Waals surface area (Å²) in [5, 5.41) is 6.11. The van der Waals surface area contributed by atoms with Crippen molar-refractivity contribution in [1.29, 1.82) is 0 Å². The molecule has 9 nitrogen and oxygen atoms in total. The van der Waals surface area contributed by atoms with Gasteiger partial charge in [-0.15, -0.1) is 0 Å². The smallest absolute Gasteiger partial charge is 0.320 e. The van der Waals surface area contributed by atoms with E-state index in [-0.39, 0.29) is 24.5 Å². The Kier molecular flexibility index (Phi) is 8.09. The van der Waals surface area contributed by atoms with E-state index >= 15 is 0 Å². The zero-order valence-corrected chi connectivity index (χ0v) is 20.3. The predicted octanol–water partition coefficient (Wildman–Crippen LogP) is 3.06. The second-order valence-electron chi connectivity index (χ2n) is 8.48. The van der Waals surface area contributed by atoms with E-state index in [4.69, 9.17) is 21.1 Å². The third-order valence-corrected chi connectivity index (χ3v) is 6.57. The van der Waals surface area contributed by atoms with Gasteiger partial charge in [0.05, 0.1) is 13.7 Å². The molecule has 2 aliphatic rings. The van der Waals surface area contributed by atoms with Crippen molar-refractivity contribution in [1.82, 2.24) is 15.1 Å². The number of hydrogen-bond acceptors (Lipinski definition) is 5. The molecule has 1 unspecified atom stereocenters. The predicted molar refractivity (Wildman–Crippen MR) is 131 cm³/mol. The highest BCUT2D eigenvalue weighted by atomic mass is 35.5. The van der Waals surface area contributed by atoms with Crippen molar-refractivity contribution in [2.24, 2.45) is 0 Å². The van der Waals surface area contributed by atoms with Gasteiger partial charge in [0.1, 0.15) is 18.4 Å². The minimum absolute atomic E-state index is 0.00605. The average molecular weight is 501 g/mol. The van der Waals surface area contributed by atoms with E-state index in [1.54, 1.807) is 47.4 Å². The molecule has 186 valence electrons. The van der Waals surface area contributed by atoms with Crippen LogP contribution in [0.2, 0.25) is 5.02 Å². The fourth-order valence-corrected chi connectivity index (χ4v) is 4.63. The number of nitrogens with one attached hydrogen (secondary N) is 2. The fraction of sp³-hybridized carbons (Fsp3) is 0.400. The fourth-order valence-electron chi connectivity index (χ4n) is 4.51. The topological polar surface area (TPSA) is 100 Å². The molecule has 1 atom stereocenters. The van der Waals surface area contributed by atoms with E-state index < -0.39 is 12.1 Å². The number of piperidine rings is 1. The van der Waals surface area contributed by atoms with Gasteiger partial charge in [0.2, 0.25) is 11.8 Å². The van der Waals surface area contributed by atoms with Gasteiger partial charge in [0, 0.05) is 41.9 Å². The van der Waals surface area contributed by atoms with Crippen LogP contribution in [0.25, 0.3) is 0 Å². The molecule has 0 radical (unpaired) electrons. The van der Waals surface area contributed by atoms with Gasteiger partial charge in [-0.2, -0.15) is 0 Å². The van der Waals surface area contributed by atoms with Gasteiger partial charge in [-0.1, -0.05) is 29.8 Å². The van der Waals surface area contributed by atoms with Gasteiger partial charge < -0.3 is 29.9 Å². The Hall–Kier alpha value is -3.30. The van der Waals surface area contributed by atoms with Crippen LogP contribution >= 0.6 is 11.6 Å². The molecular formula is C25H29ClN4O5. The first-order valence-electron chi connectivity index (χ1n) is 11.6. The summed E-state index contributed by atoms with van der Waals surface area (Å²) >= 11 is 5.92. The number of halogens is 1. The van der Waals surface area contributed by atoms with Gasteiger partial charge in [-0.25, -0.2) is 4.79 Å². The minimum Gasteiger partial charge on any atom is -0.496 e. The largest absolute Gasteiger partial charge is 0.496 e. The molecule has 4 amide bonds. The Labute approximate surface area is 209 Å². The van der Waals surface area contributed by atoms with Crippen molar-refractivity contribution in [3.05, 3.63) is 59.1 Å². The van der Waals surface area contributed by atoms with Crippen molar-refractivity contribution in [2.45, 2.75) is 24.9 Å². The van der Waals surface area contributed by atoms with Gasteiger partial charge >= 0.3 is 6.03 Å². The Morgan fingerprint density at radius 3 is 2.49 bits per heavy atom. The molecule has 0 saturated carbocycles.